The Morgan fingerprint density at radius 1 is 1.04 bits per heavy atom. The maximum absolute atomic E-state index is 13.1. The van der Waals surface area contributed by atoms with Crippen LogP contribution < -0.4 is 5.32 Å². The Labute approximate surface area is 143 Å². The average Bonchev–Trinajstić information content (AvgIpc) is 3.03. The van der Waals surface area contributed by atoms with Crippen LogP contribution in [0.4, 0.5) is 27.6 Å². The van der Waals surface area contributed by atoms with Crippen LogP contribution in [0.3, 0.4) is 0 Å². The van der Waals surface area contributed by atoms with E-state index in [1.165, 1.54) is 18.2 Å². The van der Waals surface area contributed by atoms with Gasteiger partial charge in [-0.05, 0) is 24.3 Å². The van der Waals surface area contributed by atoms with E-state index < -0.39 is 29.3 Å². The molecule has 0 spiro atoms. The van der Waals surface area contributed by atoms with Crippen molar-refractivity contribution in [1.29, 1.82) is 0 Å². The van der Waals surface area contributed by atoms with Gasteiger partial charge in [-0.15, -0.1) is 5.10 Å². The lowest BCUT2D eigenvalue weighted by atomic mass is 10.1. The summed E-state index contributed by atoms with van der Waals surface area (Å²) in [5, 5.41) is 9.21. The minimum absolute atomic E-state index is 0.169. The third kappa shape index (κ3) is 3.68. The van der Waals surface area contributed by atoms with Crippen molar-refractivity contribution < 1.29 is 26.7 Å². The lowest BCUT2D eigenvalue weighted by Gasteiger charge is -2.11. The lowest BCUT2D eigenvalue weighted by molar-refractivity contribution is -0.137. The van der Waals surface area contributed by atoms with Crippen molar-refractivity contribution >= 4 is 11.6 Å². The third-order valence-electron chi connectivity index (χ3n) is 3.30. The average molecular weight is 368 g/mol. The van der Waals surface area contributed by atoms with Gasteiger partial charge < -0.3 is 5.32 Å². The van der Waals surface area contributed by atoms with E-state index in [-0.39, 0.29) is 17.1 Å². The van der Waals surface area contributed by atoms with Gasteiger partial charge in [-0.2, -0.15) is 13.2 Å². The van der Waals surface area contributed by atoms with E-state index >= 15 is 0 Å². The number of alkyl halides is 3. The highest BCUT2D eigenvalue weighted by Gasteiger charge is 2.34. The maximum atomic E-state index is 13.1. The topological polar surface area (TPSA) is 59.8 Å². The molecule has 134 valence electrons. The van der Waals surface area contributed by atoms with Crippen molar-refractivity contribution in [1.82, 2.24) is 15.0 Å². The van der Waals surface area contributed by atoms with Crippen LogP contribution in [0.5, 0.6) is 0 Å². The summed E-state index contributed by atoms with van der Waals surface area (Å²) in [6.07, 6.45) is -3.64. The minimum atomic E-state index is -4.62. The molecule has 26 heavy (non-hydrogen) atoms. The van der Waals surface area contributed by atoms with E-state index in [1.54, 1.807) is 0 Å². The minimum Gasteiger partial charge on any atom is -0.320 e. The Morgan fingerprint density at radius 3 is 2.35 bits per heavy atom. The predicted octanol–water partition coefficient (Wildman–Crippen LogP) is 3.82. The number of para-hydroxylation sites is 1. The lowest BCUT2D eigenvalue weighted by Crippen LogP contribution is -2.13. The first kappa shape index (κ1) is 17.5. The van der Waals surface area contributed by atoms with Gasteiger partial charge in [-0.3, -0.25) is 4.79 Å². The van der Waals surface area contributed by atoms with Gasteiger partial charge in [0.15, 0.2) is 5.69 Å². The summed E-state index contributed by atoms with van der Waals surface area (Å²) in [5.41, 5.74) is -1.77. The molecule has 0 aliphatic rings. The summed E-state index contributed by atoms with van der Waals surface area (Å²) in [5.74, 6) is -2.68. The molecule has 0 aliphatic carbocycles. The Morgan fingerprint density at radius 2 is 1.69 bits per heavy atom. The fourth-order valence-corrected chi connectivity index (χ4v) is 2.22. The van der Waals surface area contributed by atoms with E-state index in [0.29, 0.717) is 6.07 Å². The standard InChI is InChI=1S/C16H9F5N4O/c17-9-5-10(18)7-11(6-9)22-15(26)13-8-25(24-23-13)14-4-2-1-3-12(14)16(19,20)21/h1-8H,(H,22,26). The first-order valence-corrected chi connectivity index (χ1v) is 7.10. The molecule has 0 unspecified atom stereocenters. The zero-order valence-corrected chi connectivity index (χ0v) is 12.8. The van der Waals surface area contributed by atoms with E-state index in [1.807, 2.05) is 0 Å². The van der Waals surface area contributed by atoms with Crippen molar-refractivity contribution in [2.24, 2.45) is 0 Å². The second-order valence-electron chi connectivity index (χ2n) is 5.18. The van der Waals surface area contributed by atoms with E-state index in [0.717, 1.165) is 29.1 Å². The van der Waals surface area contributed by atoms with E-state index in [2.05, 4.69) is 15.6 Å². The van der Waals surface area contributed by atoms with E-state index in [9.17, 15) is 26.7 Å². The highest BCUT2D eigenvalue weighted by Crippen LogP contribution is 2.33. The molecule has 0 aliphatic heterocycles. The molecule has 0 fully saturated rings. The first-order chi connectivity index (χ1) is 12.2. The highest BCUT2D eigenvalue weighted by atomic mass is 19.4. The Bertz CT molecular complexity index is 947. The second kappa shape index (κ2) is 6.54. The van der Waals surface area contributed by atoms with Crippen LogP contribution in [0, 0.1) is 11.6 Å². The number of nitrogens with one attached hydrogen (secondary N) is 1. The molecule has 0 radical (unpaired) electrons. The molecule has 0 atom stereocenters. The van der Waals surface area contributed by atoms with Gasteiger partial charge in [0.25, 0.3) is 5.91 Å². The molecule has 1 amide bonds. The third-order valence-corrected chi connectivity index (χ3v) is 3.30. The fraction of sp³-hybridized carbons (Fsp3) is 0.0625. The van der Waals surface area contributed by atoms with Gasteiger partial charge in [-0.1, -0.05) is 17.3 Å². The maximum Gasteiger partial charge on any atom is 0.418 e. The molecule has 0 saturated carbocycles. The molecule has 10 heteroatoms. The number of carbonyl (C=O) groups excluding carboxylic acids is 1. The molecule has 3 rings (SSSR count). The summed E-state index contributed by atoms with van der Waals surface area (Å²) in [7, 11) is 0. The number of aromatic nitrogens is 3. The number of nitrogens with zero attached hydrogens (tertiary/aromatic N) is 3. The van der Waals surface area contributed by atoms with Crippen LogP contribution in [0.2, 0.25) is 0 Å². The molecular weight excluding hydrogens is 359 g/mol. The monoisotopic (exact) mass is 368 g/mol. The summed E-state index contributed by atoms with van der Waals surface area (Å²) in [6.45, 7) is 0. The van der Waals surface area contributed by atoms with Gasteiger partial charge in [0.05, 0.1) is 17.4 Å². The second-order valence-corrected chi connectivity index (χ2v) is 5.18. The quantitative estimate of drug-likeness (QED) is 0.715. The number of anilines is 1. The summed E-state index contributed by atoms with van der Waals surface area (Å²) in [6, 6.07) is 7.01. The molecule has 1 N–H and O–H groups in total. The van der Waals surface area contributed by atoms with Gasteiger partial charge in [-0.25, -0.2) is 13.5 Å². The molecule has 2 aromatic carbocycles. The largest absolute Gasteiger partial charge is 0.418 e. The number of halogens is 5. The van der Waals surface area contributed by atoms with Crippen LogP contribution in [-0.4, -0.2) is 20.9 Å². The fourth-order valence-electron chi connectivity index (χ4n) is 2.22. The smallest absolute Gasteiger partial charge is 0.320 e. The zero-order chi connectivity index (χ0) is 18.9. The van der Waals surface area contributed by atoms with Crippen LogP contribution in [-0.2, 0) is 6.18 Å². The number of benzene rings is 2. The number of amides is 1. The van der Waals surface area contributed by atoms with Gasteiger partial charge in [0.2, 0.25) is 0 Å². The van der Waals surface area contributed by atoms with Gasteiger partial charge in [0.1, 0.15) is 11.6 Å². The number of hydrogen-bond acceptors (Lipinski definition) is 3. The van der Waals surface area contributed by atoms with Crippen molar-refractivity contribution in [2.75, 3.05) is 5.32 Å². The van der Waals surface area contributed by atoms with Crippen molar-refractivity contribution in [2.45, 2.75) is 6.18 Å². The van der Waals surface area contributed by atoms with Crippen LogP contribution in [0.1, 0.15) is 16.1 Å². The molecule has 0 bridgehead atoms. The summed E-state index contributed by atoms with van der Waals surface area (Å²) < 4.78 is 66.2. The number of rotatable bonds is 3. The van der Waals surface area contributed by atoms with Gasteiger partial charge >= 0.3 is 6.18 Å². The zero-order valence-electron chi connectivity index (χ0n) is 12.8. The highest BCUT2D eigenvalue weighted by molar-refractivity contribution is 6.02. The molecule has 1 heterocycles. The molecule has 5 nitrogen and oxygen atoms in total. The van der Waals surface area contributed by atoms with Crippen molar-refractivity contribution in [3.63, 3.8) is 0 Å². The summed E-state index contributed by atoms with van der Waals surface area (Å²) in [4.78, 5) is 12.1. The Balaban J connectivity index is 1.88. The molecule has 1 aromatic heterocycles. The van der Waals surface area contributed by atoms with E-state index in [4.69, 9.17) is 0 Å². The van der Waals surface area contributed by atoms with Crippen molar-refractivity contribution in [3.05, 3.63) is 71.6 Å². The molecule has 3 aromatic rings. The normalized spacial score (nSPS) is 11.4. The molecule has 0 saturated heterocycles. The van der Waals surface area contributed by atoms with Crippen molar-refractivity contribution in [3.8, 4) is 5.69 Å². The Hall–Kier alpha value is -3.30. The predicted molar refractivity (Wildman–Crippen MR) is 80.7 cm³/mol. The van der Waals surface area contributed by atoms with Gasteiger partial charge in [0, 0.05) is 11.8 Å². The number of hydrogen-bond donors (Lipinski definition) is 1. The van der Waals surface area contributed by atoms with Crippen LogP contribution in [0.25, 0.3) is 5.69 Å². The van der Waals surface area contributed by atoms with Crippen LogP contribution >= 0.6 is 0 Å². The summed E-state index contributed by atoms with van der Waals surface area (Å²) >= 11 is 0. The Kier molecular flexibility index (Phi) is 4.41. The SMILES string of the molecule is O=C(Nc1cc(F)cc(F)c1)c1cn(-c2ccccc2C(F)(F)F)nn1. The first-order valence-electron chi connectivity index (χ1n) is 7.10. The van der Waals surface area contributed by atoms with Crippen LogP contribution in [0.15, 0.2) is 48.7 Å². The molecular formula is C16H9F5N4O. The number of carbonyl (C=O) groups is 1.